The van der Waals surface area contributed by atoms with E-state index in [9.17, 15) is 4.79 Å². The lowest BCUT2D eigenvalue weighted by molar-refractivity contribution is -0.114. The van der Waals surface area contributed by atoms with Gasteiger partial charge in [0.2, 0.25) is 0 Å². The Labute approximate surface area is 169 Å². The fraction of sp³-hybridized carbons (Fsp3) is 0.423. The second kappa shape index (κ2) is 10.8. The predicted molar refractivity (Wildman–Crippen MR) is 116 cm³/mol. The lowest BCUT2D eigenvalue weighted by atomic mass is 9.84. The van der Waals surface area contributed by atoms with Gasteiger partial charge in [0.1, 0.15) is 11.5 Å². The van der Waals surface area contributed by atoms with Gasteiger partial charge in [0.25, 0.3) is 0 Å². The van der Waals surface area contributed by atoms with Gasteiger partial charge in [0.15, 0.2) is 5.78 Å². The van der Waals surface area contributed by atoms with Gasteiger partial charge in [-0.15, -0.1) is 0 Å². The normalized spacial score (nSPS) is 13.2. The zero-order valence-corrected chi connectivity index (χ0v) is 17.0. The highest BCUT2D eigenvalue weighted by Crippen LogP contribution is 2.45. The van der Waals surface area contributed by atoms with Gasteiger partial charge < -0.3 is 4.74 Å². The first-order valence-electron chi connectivity index (χ1n) is 10.8. The van der Waals surface area contributed by atoms with Crippen molar-refractivity contribution >= 4 is 5.78 Å². The van der Waals surface area contributed by atoms with E-state index in [2.05, 4.69) is 25.1 Å². The number of ketones is 1. The van der Waals surface area contributed by atoms with Gasteiger partial charge in [-0.2, -0.15) is 0 Å². The van der Waals surface area contributed by atoms with E-state index < -0.39 is 0 Å². The molecule has 1 aliphatic heterocycles. The van der Waals surface area contributed by atoms with Crippen LogP contribution in [0.5, 0.6) is 11.5 Å². The second-order valence-corrected chi connectivity index (χ2v) is 7.71. The SMILES string of the molecule is CCCCCCCCCC=CC(=O)CC1c2ccccc2Oc2ccccc21. The molecule has 0 amide bonds. The van der Waals surface area contributed by atoms with Crippen LogP contribution in [0.25, 0.3) is 0 Å². The van der Waals surface area contributed by atoms with Crippen LogP contribution >= 0.6 is 0 Å². The smallest absolute Gasteiger partial charge is 0.156 e. The molecule has 2 aromatic rings. The third kappa shape index (κ3) is 5.58. The average Bonchev–Trinajstić information content (AvgIpc) is 2.72. The van der Waals surface area contributed by atoms with Gasteiger partial charge in [-0.25, -0.2) is 0 Å². The summed E-state index contributed by atoms with van der Waals surface area (Å²) in [5.41, 5.74) is 2.21. The zero-order valence-electron chi connectivity index (χ0n) is 17.0. The number of carbonyl (C=O) groups is 1. The fourth-order valence-electron chi connectivity index (χ4n) is 3.93. The molecular formula is C26H32O2. The Balaban J connectivity index is 1.52. The van der Waals surface area contributed by atoms with Crippen molar-refractivity contribution in [3.8, 4) is 11.5 Å². The lowest BCUT2D eigenvalue weighted by Gasteiger charge is -2.27. The minimum Gasteiger partial charge on any atom is -0.457 e. The van der Waals surface area contributed by atoms with Crippen molar-refractivity contribution in [1.82, 2.24) is 0 Å². The molecule has 2 aromatic carbocycles. The summed E-state index contributed by atoms with van der Waals surface area (Å²) < 4.78 is 6.02. The molecule has 0 N–H and O–H groups in total. The van der Waals surface area contributed by atoms with Crippen LogP contribution < -0.4 is 4.74 Å². The molecule has 2 heteroatoms. The minimum atomic E-state index is 0.0665. The van der Waals surface area contributed by atoms with E-state index in [4.69, 9.17) is 4.74 Å². The molecule has 0 unspecified atom stereocenters. The molecule has 148 valence electrons. The van der Waals surface area contributed by atoms with Crippen molar-refractivity contribution in [1.29, 1.82) is 0 Å². The second-order valence-electron chi connectivity index (χ2n) is 7.71. The molecule has 1 heterocycles. The first kappa shape index (κ1) is 20.4. The third-order valence-electron chi connectivity index (χ3n) is 5.49. The largest absolute Gasteiger partial charge is 0.457 e. The summed E-state index contributed by atoms with van der Waals surface area (Å²) in [6.07, 6.45) is 14.5. The summed E-state index contributed by atoms with van der Waals surface area (Å²) in [6.45, 7) is 2.25. The Bertz CT molecular complexity index is 745. The highest BCUT2D eigenvalue weighted by atomic mass is 16.5. The van der Waals surface area contributed by atoms with E-state index in [1.165, 1.54) is 44.9 Å². The van der Waals surface area contributed by atoms with Gasteiger partial charge >= 0.3 is 0 Å². The minimum absolute atomic E-state index is 0.0665. The monoisotopic (exact) mass is 376 g/mol. The molecule has 0 radical (unpaired) electrons. The van der Waals surface area contributed by atoms with E-state index in [1.807, 2.05) is 36.4 Å². The molecule has 2 nitrogen and oxygen atoms in total. The van der Waals surface area contributed by atoms with E-state index in [-0.39, 0.29) is 11.7 Å². The maximum atomic E-state index is 12.6. The number of hydrogen-bond donors (Lipinski definition) is 0. The van der Waals surface area contributed by atoms with Crippen molar-refractivity contribution in [2.45, 2.75) is 70.6 Å². The molecule has 0 spiro atoms. The predicted octanol–water partition coefficient (Wildman–Crippen LogP) is 7.58. The molecule has 3 rings (SSSR count). The molecule has 0 bridgehead atoms. The zero-order chi connectivity index (χ0) is 19.6. The van der Waals surface area contributed by atoms with E-state index in [0.717, 1.165) is 29.0 Å². The van der Waals surface area contributed by atoms with Gasteiger partial charge in [0.05, 0.1) is 0 Å². The summed E-state index contributed by atoms with van der Waals surface area (Å²) in [7, 11) is 0. The van der Waals surface area contributed by atoms with Crippen molar-refractivity contribution in [2.75, 3.05) is 0 Å². The lowest BCUT2D eigenvalue weighted by Crippen LogP contribution is -2.13. The number of ether oxygens (including phenoxy) is 1. The van der Waals surface area contributed by atoms with Crippen molar-refractivity contribution < 1.29 is 9.53 Å². The first-order valence-corrected chi connectivity index (χ1v) is 10.8. The molecule has 0 saturated carbocycles. The summed E-state index contributed by atoms with van der Waals surface area (Å²) in [6, 6.07) is 16.1. The van der Waals surface area contributed by atoms with Gasteiger partial charge in [-0.05, 0) is 31.1 Å². The summed E-state index contributed by atoms with van der Waals surface area (Å²) in [5.74, 6) is 1.99. The maximum absolute atomic E-state index is 12.6. The van der Waals surface area contributed by atoms with E-state index >= 15 is 0 Å². The van der Waals surface area contributed by atoms with Crippen LogP contribution in [0.1, 0.15) is 81.8 Å². The number of rotatable bonds is 11. The van der Waals surface area contributed by atoms with Crippen LogP contribution in [0.15, 0.2) is 60.7 Å². The Kier molecular flexibility index (Phi) is 7.90. The molecule has 28 heavy (non-hydrogen) atoms. The summed E-state index contributed by atoms with van der Waals surface area (Å²) >= 11 is 0. The number of allylic oxidation sites excluding steroid dienone is 2. The Morgan fingerprint density at radius 2 is 1.43 bits per heavy atom. The number of fused-ring (bicyclic) bond motifs is 2. The van der Waals surface area contributed by atoms with Crippen molar-refractivity contribution in [2.24, 2.45) is 0 Å². The first-order chi connectivity index (χ1) is 13.8. The van der Waals surface area contributed by atoms with E-state index in [0.29, 0.717) is 6.42 Å². The Morgan fingerprint density at radius 3 is 2.07 bits per heavy atom. The van der Waals surface area contributed by atoms with Crippen molar-refractivity contribution in [3.63, 3.8) is 0 Å². The molecule has 1 aliphatic rings. The topological polar surface area (TPSA) is 26.3 Å². The van der Waals surface area contributed by atoms with Gasteiger partial charge in [-0.1, -0.05) is 87.9 Å². The number of unbranched alkanes of at least 4 members (excludes halogenated alkanes) is 7. The number of hydrogen-bond acceptors (Lipinski definition) is 2. The highest BCUT2D eigenvalue weighted by Gasteiger charge is 2.27. The maximum Gasteiger partial charge on any atom is 0.156 e. The molecular weight excluding hydrogens is 344 g/mol. The van der Waals surface area contributed by atoms with Crippen LogP contribution in [0, 0.1) is 0 Å². The molecule has 0 atom stereocenters. The number of para-hydroxylation sites is 2. The van der Waals surface area contributed by atoms with Crippen molar-refractivity contribution in [3.05, 3.63) is 71.8 Å². The highest BCUT2D eigenvalue weighted by molar-refractivity contribution is 5.90. The number of carbonyl (C=O) groups excluding carboxylic acids is 1. The number of benzene rings is 2. The van der Waals surface area contributed by atoms with Crippen LogP contribution in [0.3, 0.4) is 0 Å². The summed E-state index contributed by atoms with van der Waals surface area (Å²) in [5, 5.41) is 0. The third-order valence-corrected chi connectivity index (χ3v) is 5.49. The molecule has 0 aliphatic carbocycles. The fourth-order valence-corrected chi connectivity index (χ4v) is 3.93. The summed E-state index contributed by atoms with van der Waals surface area (Å²) in [4.78, 5) is 12.6. The van der Waals surface area contributed by atoms with E-state index in [1.54, 1.807) is 6.08 Å². The Hall–Kier alpha value is -2.35. The molecule has 0 aromatic heterocycles. The van der Waals surface area contributed by atoms with Crippen LogP contribution in [-0.4, -0.2) is 5.78 Å². The van der Waals surface area contributed by atoms with Crippen LogP contribution in [0.4, 0.5) is 0 Å². The van der Waals surface area contributed by atoms with Crippen LogP contribution in [-0.2, 0) is 4.79 Å². The average molecular weight is 377 g/mol. The van der Waals surface area contributed by atoms with Crippen LogP contribution in [0.2, 0.25) is 0 Å². The molecule has 0 saturated heterocycles. The van der Waals surface area contributed by atoms with Gasteiger partial charge in [-0.3, -0.25) is 4.79 Å². The Morgan fingerprint density at radius 1 is 0.857 bits per heavy atom. The van der Waals surface area contributed by atoms with Gasteiger partial charge in [0, 0.05) is 23.5 Å². The quantitative estimate of drug-likeness (QED) is 0.298. The molecule has 0 fully saturated rings. The standard InChI is InChI=1S/C26H32O2/c1-2-3-4-5-6-7-8-9-10-15-21(27)20-24-22-16-11-13-18-25(22)28-26-19-14-12-17-23(24)26/h10-19,24H,2-9,20H2,1H3.